The van der Waals surface area contributed by atoms with Crippen molar-refractivity contribution in [1.29, 1.82) is 0 Å². The second-order valence-corrected chi connectivity index (χ2v) is 7.61. The van der Waals surface area contributed by atoms with Crippen molar-refractivity contribution in [3.05, 3.63) is 0 Å². The zero-order valence-corrected chi connectivity index (χ0v) is 13.0. The van der Waals surface area contributed by atoms with Crippen LogP contribution in [0.2, 0.25) is 0 Å². The highest BCUT2D eigenvalue weighted by molar-refractivity contribution is 7.99. The summed E-state index contributed by atoms with van der Waals surface area (Å²) in [5, 5.41) is 3.43. The Balaban J connectivity index is 1.56. The minimum absolute atomic E-state index is 0.244. The van der Waals surface area contributed by atoms with Crippen LogP contribution >= 0.6 is 11.8 Å². The first-order valence-corrected chi connectivity index (χ1v) is 9.10. The minimum atomic E-state index is 0.244. The summed E-state index contributed by atoms with van der Waals surface area (Å²) in [5.41, 5.74) is 0.244. The number of hydrogen-bond acceptors (Lipinski definition) is 4. The van der Waals surface area contributed by atoms with Crippen molar-refractivity contribution in [1.82, 2.24) is 10.2 Å². The first-order chi connectivity index (χ1) is 9.31. The highest BCUT2D eigenvalue weighted by atomic mass is 32.2. The van der Waals surface area contributed by atoms with Crippen LogP contribution in [-0.4, -0.2) is 60.8 Å². The molecule has 3 rings (SSSR count). The molecule has 19 heavy (non-hydrogen) atoms. The molecule has 0 amide bonds. The van der Waals surface area contributed by atoms with E-state index in [1.165, 1.54) is 63.1 Å². The van der Waals surface area contributed by atoms with Crippen LogP contribution in [0.5, 0.6) is 0 Å². The van der Waals surface area contributed by atoms with E-state index in [1.54, 1.807) is 0 Å². The lowest BCUT2D eigenvalue weighted by atomic mass is 9.84. The number of thioether (sulfide) groups is 1. The van der Waals surface area contributed by atoms with Gasteiger partial charge in [-0.05, 0) is 70.2 Å². The Morgan fingerprint density at radius 1 is 1.16 bits per heavy atom. The fourth-order valence-corrected chi connectivity index (χ4v) is 5.20. The van der Waals surface area contributed by atoms with E-state index in [9.17, 15) is 0 Å². The molecule has 0 saturated carbocycles. The average Bonchev–Trinajstić information content (AvgIpc) is 2.48. The SMILES string of the molecule is CNC1CCN(C2CCOC3(CCSCC3)C2)CC1. The predicted octanol–water partition coefficient (Wildman–Crippen LogP) is 2.11. The molecular formula is C15H28N2OS. The molecule has 0 aromatic heterocycles. The van der Waals surface area contributed by atoms with Crippen LogP contribution in [-0.2, 0) is 4.74 Å². The van der Waals surface area contributed by atoms with E-state index in [0.29, 0.717) is 0 Å². The Morgan fingerprint density at radius 3 is 2.58 bits per heavy atom. The van der Waals surface area contributed by atoms with Gasteiger partial charge in [-0.1, -0.05) is 0 Å². The van der Waals surface area contributed by atoms with Crippen LogP contribution in [0.3, 0.4) is 0 Å². The van der Waals surface area contributed by atoms with E-state index >= 15 is 0 Å². The normalized spacial score (nSPS) is 33.6. The molecule has 0 aliphatic carbocycles. The van der Waals surface area contributed by atoms with Crippen molar-refractivity contribution in [2.75, 3.05) is 38.2 Å². The molecule has 1 unspecified atom stereocenters. The predicted molar refractivity (Wildman–Crippen MR) is 81.9 cm³/mol. The third-order valence-corrected chi connectivity index (χ3v) is 6.31. The van der Waals surface area contributed by atoms with Gasteiger partial charge in [0.25, 0.3) is 0 Å². The van der Waals surface area contributed by atoms with Gasteiger partial charge in [0.2, 0.25) is 0 Å². The maximum Gasteiger partial charge on any atom is 0.0713 e. The Bertz CT molecular complexity index is 280. The van der Waals surface area contributed by atoms with Crippen LogP contribution in [0.4, 0.5) is 0 Å². The quantitative estimate of drug-likeness (QED) is 0.839. The maximum atomic E-state index is 6.22. The fraction of sp³-hybridized carbons (Fsp3) is 1.00. The van der Waals surface area contributed by atoms with E-state index in [-0.39, 0.29) is 5.60 Å². The van der Waals surface area contributed by atoms with Crippen molar-refractivity contribution in [2.45, 2.75) is 56.2 Å². The van der Waals surface area contributed by atoms with Gasteiger partial charge in [0.1, 0.15) is 0 Å². The minimum Gasteiger partial charge on any atom is -0.375 e. The summed E-state index contributed by atoms with van der Waals surface area (Å²) in [7, 11) is 2.10. The van der Waals surface area contributed by atoms with Crippen molar-refractivity contribution < 1.29 is 4.74 Å². The molecule has 3 nitrogen and oxygen atoms in total. The summed E-state index contributed by atoms with van der Waals surface area (Å²) >= 11 is 2.10. The molecule has 3 heterocycles. The topological polar surface area (TPSA) is 24.5 Å². The molecule has 3 aliphatic heterocycles. The molecule has 3 fully saturated rings. The number of nitrogens with one attached hydrogen (secondary N) is 1. The first kappa shape index (κ1) is 14.2. The zero-order valence-electron chi connectivity index (χ0n) is 12.2. The highest BCUT2D eigenvalue weighted by Gasteiger charge is 2.40. The van der Waals surface area contributed by atoms with Crippen molar-refractivity contribution in [3.8, 4) is 0 Å². The van der Waals surface area contributed by atoms with E-state index in [2.05, 4.69) is 29.0 Å². The lowest BCUT2D eigenvalue weighted by molar-refractivity contribution is -0.112. The van der Waals surface area contributed by atoms with E-state index < -0.39 is 0 Å². The Labute approximate surface area is 121 Å². The second kappa shape index (κ2) is 6.33. The van der Waals surface area contributed by atoms with Crippen molar-refractivity contribution in [3.63, 3.8) is 0 Å². The standard InChI is InChI=1S/C15H28N2OS/c1-16-13-2-7-17(8-3-13)14-4-9-18-15(12-14)5-10-19-11-6-15/h13-14,16H,2-12H2,1H3. The van der Waals surface area contributed by atoms with Crippen LogP contribution in [0.25, 0.3) is 0 Å². The van der Waals surface area contributed by atoms with Gasteiger partial charge in [-0.15, -0.1) is 0 Å². The smallest absolute Gasteiger partial charge is 0.0713 e. The van der Waals surface area contributed by atoms with Gasteiger partial charge >= 0.3 is 0 Å². The van der Waals surface area contributed by atoms with E-state index in [1.807, 2.05) is 0 Å². The first-order valence-electron chi connectivity index (χ1n) is 7.94. The summed E-state index contributed by atoms with van der Waals surface area (Å²) in [6, 6.07) is 1.53. The molecule has 0 bridgehead atoms. The third-order valence-electron chi connectivity index (χ3n) is 5.33. The van der Waals surface area contributed by atoms with Crippen molar-refractivity contribution in [2.24, 2.45) is 0 Å². The Hall–Kier alpha value is 0.230. The van der Waals surface area contributed by atoms with Crippen molar-refractivity contribution >= 4 is 11.8 Å². The summed E-state index contributed by atoms with van der Waals surface area (Å²) in [6.07, 6.45) is 7.73. The van der Waals surface area contributed by atoms with Gasteiger partial charge in [0, 0.05) is 18.7 Å². The molecule has 3 aliphatic rings. The van der Waals surface area contributed by atoms with Crippen LogP contribution in [0.1, 0.15) is 38.5 Å². The number of hydrogen-bond donors (Lipinski definition) is 1. The van der Waals surface area contributed by atoms with Gasteiger partial charge in [-0.3, -0.25) is 0 Å². The molecule has 110 valence electrons. The molecule has 0 radical (unpaired) electrons. The molecule has 1 spiro atoms. The molecular weight excluding hydrogens is 256 g/mol. The lowest BCUT2D eigenvalue weighted by Crippen LogP contribution is -2.53. The monoisotopic (exact) mass is 284 g/mol. The van der Waals surface area contributed by atoms with Crippen LogP contribution in [0.15, 0.2) is 0 Å². The van der Waals surface area contributed by atoms with Crippen LogP contribution in [0, 0.1) is 0 Å². The van der Waals surface area contributed by atoms with Gasteiger partial charge in [0.05, 0.1) is 5.60 Å². The Kier molecular flexibility index (Phi) is 4.73. The zero-order chi connectivity index (χ0) is 13.1. The molecule has 1 atom stereocenters. The van der Waals surface area contributed by atoms with Gasteiger partial charge in [0.15, 0.2) is 0 Å². The third kappa shape index (κ3) is 3.29. The largest absolute Gasteiger partial charge is 0.375 e. The molecule has 0 aromatic carbocycles. The second-order valence-electron chi connectivity index (χ2n) is 6.39. The van der Waals surface area contributed by atoms with Gasteiger partial charge < -0.3 is 15.0 Å². The summed E-state index contributed by atoms with van der Waals surface area (Å²) in [5.74, 6) is 2.60. The fourth-order valence-electron chi connectivity index (χ4n) is 3.96. The van der Waals surface area contributed by atoms with Gasteiger partial charge in [-0.2, -0.15) is 11.8 Å². The molecule has 1 N–H and O–H groups in total. The van der Waals surface area contributed by atoms with Crippen LogP contribution < -0.4 is 5.32 Å². The van der Waals surface area contributed by atoms with E-state index in [0.717, 1.165) is 18.7 Å². The lowest BCUT2D eigenvalue weighted by Gasteiger charge is -2.47. The van der Waals surface area contributed by atoms with E-state index in [4.69, 9.17) is 4.74 Å². The number of piperidine rings is 1. The number of likely N-dealkylation sites (tertiary alicyclic amines) is 1. The molecule has 3 saturated heterocycles. The number of ether oxygens (including phenoxy) is 1. The highest BCUT2D eigenvalue weighted by Crippen LogP contribution is 2.39. The summed E-state index contributed by atoms with van der Waals surface area (Å²) in [4.78, 5) is 2.75. The molecule has 4 heteroatoms. The average molecular weight is 284 g/mol. The van der Waals surface area contributed by atoms with Gasteiger partial charge in [-0.25, -0.2) is 0 Å². The maximum absolute atomic E-state index is 6.22. The Morgan fingerprint density at radius 2 is 1.89 bits per heavy atom. The summed E-state index contributed by atoms with van der Waals surface area (Å²) < 4.78 is 6.22. The molecule has 0 aromatic rings. The number of nitrogens with zero attached hydrogens (tertiary/aromatic N) is 1. The summed E-state index contributed by atoms with van der Waals surface area (Å²) in [6.45, 7) is 3.54. The number of rotatable bonds is 2.